The number of piperidine rings is 1. The molecule has 1 aliphatic heterocycles. The molecule has 0 atom stereocenters. The zero-order valence-electron chi connectivity index (χ0n) is 11.7. The van der Waals surface area contributed by atoms with Crippen molar-refractivity contribution in [1.82, 2.24) is 9.80 Å². The lowest BCUT2D eigenvalue weighted by Crippen LogP contribution is -2.43. The molecule has 0 radical (unpaired) electrons. The molecule has 0 unspecified atom stereocenters. The van der Waals surface area contributed by atoms with Crippen molar-refractivity contribution in [3.8, 4) is 6.07 Å². The zero-order chi connectivity index (χ0) is 13.4. The number of hydrogen-bond acceptors (Lipinski definition) is 3. The molecule has 1 heterocycles. The molecule has 0 spiro atoms. The van der Waals surface area contributed by atoms with E-state index in [-0.39, 0.29) is 5.91 Å². The number of likely N-dealkylation sites (tertiary alicyclic amines) is 1. The Balaban J connectivity index is 2.42. The average molecular weight is 251 g/mol. The van der Waals surface area contributed by atoms with Gasteiger partial charge < -0.3 is 4.90 Å². The predicted molar refractivity (Wildman–Crippen MR) is 71.9 cm³/mol. The molecule has 0 aromatic rings. The lowest BCUT2D eigenvalue weighted by Gasteiger charge is -2.30. The van der Waals surface area contributed by atoms with Gasteiger partial charge in [0.15, 0.2) is 0 Å². The van der Waals surface area contributed by atoms with Crippen LogP contribution in [-0.4, -0.2) is 48.4 Å². The van der Waals surface area contributed by atoms with E-state index in [1.165, 1.54) is 6.42 Å². The van der Waals surface area contributed by atoms with Gasteiger partial charge in [0.2, 0.25) is 5.91 Å². The highest BCUT2D eigenvalue weighted by atomic mass is 16.2. The fourth-order valence-electron chi connectivity index (χ4n) is 2.39. The summed E-state index contributed by atoms with van der Waals surface area (Å²) in [4.78, 5) is 16.2. The van der Waals surface area contributed by atoms with Gasteiger partial charge in [-0.05, 0) is 25.2 Å². The molecule has 1 saturated heterocycles. The first-order valence-electron chi connectivity index (χ1n) is 7.00. The van der Waals surface area contributed by atoms with Crippen LogP contribution in [0.25, 0.3) is 0 Å². The molecule has 1 fully saturated rings. The van der Waals surface area contributed by atoms with Crippen molar-refractivity contribution in [1.29, 1.82) is 5.26 Å². The third-order valence-corrected chi connectivity index (χ3v) is 3.23. The highest BCUT2D eigenvalue weighted by Gasteiger charge is 2.19. The molecule has 0 aromatic heterocycles. The molecule has 0 N–H and O–H groups in total. The summed E-state index contributed by atoms with van der Waals surface area (Å²) in [7, 11) is 0. The van der Waals surface area contributed by atoms with Crippen molar-refractivity contribution < 1.29 is 4.79 Å². The molecule has 18 heavy (non-hydrogen) atoms. The van der Waals surface area contributed by atoms with Gasteiger partial charge in [-0.1, -0.05) is 13.8 Å². The van der Waals surface area contributed by atoms with Crippen molar-refractivity contribution in [3.05, 3.63) is 0 Å². The third kappa shape index (κ3) is 5.50. The fraction of sp³-hybridized carbons (Fsp3) is 0.857. The molecule has 1 rings (SSSR count). The molecule has 1 amide bonds. The first-order valence-corrected chi connectivity index (χ1v) is 7.00. The van der Waals surface area contributed by atoms with Crippen LogP contribution in [0.5, 0.6) is 0 Å². The number of rotatable bonds is 6. The minimum absolute atomic E-state index is 0.230. The summed E-state index contributed by atoms with van der Waals surface area (Å²) >= 11 is 0. The van der Waals surface area contributed by atoms with Crippen LogP contribution in [0.3, 0.4) is 0 Å². The van der Waals surface area contributed by atoms with Crippen LogP contribution in [0, 0.1) is 17.2 Å². The fourth-order valence-corrected chi connectivity index (χ4v) is 2.39. The standard InChI is InChI=1S/C14H25N3O/c1-13(2)11-16(8-6-7-15)12-14(18)17-9-4-3-5-10-17/h13H,3-6,8-12H2,1-2H3. The van der Waals surface area contributed by atoms with Crippen LogP contribution < -0.4 is 0 Å². The summed E-state index contributed by atoms with van der Waals surface area (Å²) in [6, 6.07) is 2.16. The molecule has 0 saturated carbocycles. The second-order valence-corrected chi connectivity index (χ2v) is 5.48. The van der Waals surface area contributed by atoms with Gasteiger partial charge in [0, 0.05) is 32.6 Å². The van der Waals surface area contributed by atoms with Gasteiger partial charge in [0.05, 0.1) is 12.6 Å². The van der Waals surface area contributed by atoms with Crippen LogP contribution in [0.15, 0.2) is 0 Å². The van der Waals surface area contributed by atoms with Gasteiger partial charge in [-0.3, -0.25) is 9.69 Å². The normalized spacial score (nSPS) is 16.1. The van der Waals surface area contributed by atoms with E-state index in [4.69, 9.17) is 5.26 Å². The summed E-state index contributed by atoms with van der Waals surface area (Å²) in [5.74, 6) is 0.756. The van der Waals surface area contributed by atoms with Crippen LogP contribution in [0.1, 0.15) is 39.5 Å². The topological polar surface area (TPSA) is 47.3 Å². The van der Waals surface area contributed by atoms with Gasteiger partial charge in [-0.25, -0.2) is 0 Å². The van der Waals surface area contributed by atoms with E-state index in [1.807, 2.05) is 4.90 Å². The minimum Gasteiger partial charge on any atom is -0.342 e. The van der Waals surface area contributed by atoms with Crippen molar-refractivity contribution in [2.45, 2.75) is 39.5 Å². The van der Waals surface area contributed by atoms with Gasteiger partial charge in [-0.2, -0.15) is 5.26 Å². The Bertz CT molecular complexity index is 290. The number of carbonyl (C=O) groups excluding carboxylic acids is 1. The highest BCUT2D eigenvalue weighted by Crippen LogP contribution is 2.10. The molecular weight excluding hydrogens is 226 g/mol. The highest BCUT2D eigenvalue weighted by molar-refractivity contribution is 5.78. The number of hydrogen-bond donors (Lipinski definition) is 0. The van der Waals surface area contributed by atoms with Crippen molar-refractivity contribution >= 4 is 5.91 Å². The lowest BCUT2D eigenvalue weighted by atomic mass is 10.1. The lowest BCUT2D eigenvalue weighted by molar-refractivity contribution is -0.133. The SMILES string of the molecule is CC(C)CN(CCC#N)CC(=O)N1CCCCC1. The van der Waals surface area contributed by atoms with Crippen LogP contribution in [-0.2, 0) is 4.79 Å². The Hall–Kier alpha value is -1.08. The molecule has 102 valence electrons. The Morgan fingerprint density at radius 3 is 2.56 bits per heavy atom. The number of carbonyl (C=O) groups is 1. The van der Waals surface area contributed by atoms with E-state index in [1.54, 1.807) is 0 Å². The van der Waals surface area contributed by atoms with Crippen LogP contribution in [0.2, 0.25) is 0 Å². The number of amides is 1. The molecule has 4 nitrogen and oxygen atoms in total. The molecular formula is C14H25N3O. The Morgan fingerprint density at radius 1 is 1.33 bits per heavy atom. The summed E-state index contributed by atoms with van der Waals surface area (Å²) in [5.41, 5.74) is 0. The average Bonchev–Trinajstić information content (AvgIpc) is 2.36. The van der Waals surface area contributed by atoms with E-state index in [0.717, 1.165) is 32.5 Å². The van der Waals surface area contributed by atoms with E-state index < -0.39 is 0 Å². The molecule has 0 aliphatic carbocycles. The Labute approximate surface area is 111 Å². The van der Waals surface area contributed by atoms with Crippen molar-refractivity contribution in [2.24, 2.45) is 5.92 Å². The Morgan fingerprint density at radius 2 is 2.00 bits per heavy atom. The second kappa shape index (κ2) is 8.10. The maximum atomic E-state index is 12.2. The van der Waals surface area contributed by atoms with Crippen molar-refractivity contribution in [2.75, 3.05) is 32.7 Å². The smallest absolute Gasteiger partial charge is 0.236 e. The van der Waals surface area contributed by atoms with Gasteiger partial charge in [0.25, 0.3) is 0 Å². The van der Waals surface area contributed by atoms with E-state index in [9.17, 15) is 4.79 Å². The summed E-state index contributed by atoms with van der Waals surface area (Å²) in [6.45, 7) is 8.17. The second-order valence-electron chi connectivity index (χ2n) is 5.48. The molecule has 0 aromatic carbocycles. The summed E-state index contributed by atoms with van der Waals surface area (Å²) in [5, 5.41) is 8.66. The molecule has 1 aliphatic rings. The van der Waals surface area contributed by atoms with E-state index in [0.29, 0.717) is 25.4 Å². The third-order valence-electron chi connectivity index (χ3n) is 3.23. The predicted octanol–water partition coefficient (Wildman–Crippen LogP) is 1.87. The molecule has 0 bridgehead atoms. The monoisotopic (exact) mass is 251 g/mol. The maximum Gasteiger partial charge on any atom is 0.236 e. The molecule has 4 heteroatoms. The van der Waals surface area contributed by atoms with Gasteiger partial charge in [-0.15, -0.1) is 0 Å². The first kappa shape index (κ1) is 15.0. The minimum atomic E-state index is 0.230. The largest absolute Gasteiger partial charge is 0.342 e. The number of nitrogens with zero attached hydrogens (tertiary/aromatic N) is 3. The zero-order valence-corrected chi connectivity index (χ0v) is 11.7. The summed E-state index contributed by atoms with van der Waals surface area (Å²) < 4.78 is 0. The van der Waals surface area contributed by atoms with Crippen LogP contribution in [0.4, 0.5) is 0 Å². The van der Waals surface area contributed by atoms with Gasteiger partial charge in [0.1, 0.15) is 0 Å². The van der Waals surface area contributed by atoms with Gasteiger partial charge >= 0.3 is 0 Å². The van der Waals surface area contributed by atoms with Crippen LogP contribution >= 0.6 is 0 Å². The maximum absolute atomic E-state index is 12.2. The number of nitriles is 1. The van der Waals surface area contributed by atoms with E-state index in [2.05, 4.69) is 24.8 Å². The summed E-state index contributed by atoms with van der Waals surface area (Å²) in [6.07, 6.45) is 4.01. The Kier molecular flexibility index (Phi) is 6.74. The first-order chi connectivity index (χ1) is 8.63. The van der Waals surface area contributed by atoms with Crippen molar-refractivity contribution in [3.63, 3.8) is 0 Å². The quantitative estimate of drug-likeness (QED) is 0.724. The van der Waals surface area contributed by atoms with E-state index >= 15 is 0 Å².